The van der Waals surface area contributed by atoms with E-state index < -0.39 is 0 Å². The van der Waals surface area contributed by atoms with Gasteiger partial charge in [-0.1, -0.05) is 12.0 Å². The Hall–Kier alpha value is -1.33. The summed E-state index contributed by atoms with van der Waals surface area (Å²) in [7, 11) is 1.84. The van der Waals surface area contributed by atoms with Crippen molar-refractivity contribution in [3.05, 3.63) is 29.6 Å². The van der Waals surface area contributed by atoms with Crippen molar-refractivity contribution in [2.75, 3.05) is 7.05 Å². The monoisotopic (exact) mass is 160 g/mol. The number of rotatable bonds is 2. The number of aromatic nitrogens is 1. The number of nitrogens with zero attached hydrogens (tertiary/aromatic N) is 1. The zero-order chi connectivity index (χ0) is 8.97. The van der Waals surface area contributed by atoms with Crippen molar-refractivity contribution in [3.8, 4) is 12.3 Å². The van der Waals surface area contributed by atoms with Crippen LogP contribution in [-0.4, -0.2) is 12.0 Å². The first-order valence-corrected chi connectivity index (χ1v) is 3.83. The molecule has 12 heavy (non-hydrogen) atoms. The molecule has 2 heteroatoms. The SMILES string of the molecule is C#CC(NC)c1cncc(C)c1. The van der Waals surface area contributed by atoms with Gasteiger partial charge in [-0.15, -0.1) is 6.42 Å². The molecule has 0 radical (unpaired) electrons. The van der Waals surface area contributed by atoms with E-state index in [1.165, 1.54) is 0 Å². The van der Waals surface area contributed by atoms with Crippen LogP contribution in [0.3, 0.4) is 0 Å². The fraction of sp³-hybridized carbons (Fsp3) is 0.300. The quantitative estimate of drug-likeness (QED) is 0.659. The maximum Gasteiger partial charge on any atom is 0.0955 e. The van der Waals surface area contributed by atoms with E-state index in [-0.39, 0.29) is 6.04 Å². The second-order valence-electron chi connectivity index (χ2n) is 2.68. The molecule has 1 unspecified atom stereocenters. The average molecular weight is 160 g/mol. The average Bonchev–Trinajstić information content (AvgIpc) is 2.07. The number of nitrogens with one attached hydrogen (secondary N) is 1. The lowest BCUT2D eigenvalue weighted by Crippen LogP contribution is -2.14. The first kappa shape index (κ1) is 8.76. The van der Waals surface area contributed by atoms with Crippen molar-refractivity contribution >= 4 is 0 Å². The lowest BCUT2D eigenvalue weighted by molar-refractivity contribution is 0.732. The highest BCUT2D eigenvalue weighted by atomic mass is 14.9. The normalized spacial score (nSPS) is 12.1. The highest BCUT2D eigenvalue weighted by Gasteiger charge is 2.04. The first-order valence-electron chi connectivity index (χ1n) is 3.83. The molecule has 0 aliphatic rings. The van der Waals surface area contributed by atoms with Crippen molar-refractivity contribution in [3.63, 3.8) is 0 Å². The Morgan fingerprint density at radius 2 is 2.33 bits per heavy atom. The van der Waals surface area contributed by atoms with E-state index in [4.69, 9.17) is 6.42 Å². The van der Waals surface area contributed by atoms with E-state index in [2.05, 4.69) is 16.2 Å². The van der Waals surface area contributed by atoms with Crippen LogP contribution >= 0.6 is 0 Å². The van der Waals surface area contributed by atoms with Gasteiger partial charge in [-0.2, -0.15) is 0 Å². The van der Waals surface area contributed by atoms with E-state index in [9.17, 15) is 0 Å². The summed E-state index contributed by atoms with van der Waals surface area (Å²) in [6.07, 6.45) is 8.92. The number of hydrogen-bond donors (Lipinski definition) is 1. The lowest BCUT2D eigenvalue weighted by Gasteiger charge is -2.08. The van der Waals surface area contributed by atoms with Gasteiger partial charge in [0, 0.05) is 12.4 Å². The molecule has 0 aliphatic carbocycles. The molecular weight excluding hydrogens is 148 g/mol. The summed E-state index contributed by atoms with van der Waals surface area (Å²) >= 11 is 0. The molecule has 0 fully saturated rings. The molecule has 0 saturated carbocycles. The zero-order valence-corrected chi connectivity index (χ0v) is 7.33. The number of pyridine rings is 1. The Labute approximate surface area is 73.0 Å². The van der Waals surface area contributed by atoms with Crippen LogP contribution in [0.4, 0.5) is 0 Å². The second-order valence-corrected chi connectivity index (χ2v) is 2.68. The van der Waals surface area contributed by atoms with Crippen LogP contribution in [0, 0.1) is 19.3 Å². The van der Waals surface area contributed by atoms with Crippen molar-refractivity contribution in [1.82, 2.24) is 10.3 Å². The maximum atomic E-state index is 5.33. The van der Waals surface area contributed by atoms with Crippen LogP contribution in [0.2, 0.25) is 0 Å². The van der Waals surface area contributed by atoms with Crippen molar-refractivity contribution in [2.45, 2.75) is 13.0 Å². The molecule has 1 aromatic rings. The van der Waals surface area contributed by atoms with E-state index in [1.807, 2.05) is 26.2 Å². The lowest BCUT2D eigenvalue weighted by atomic mass is 10.1. The second kappa shape index (κ2) is 3.89. The molecule has 0 spiro atoms. The predicted molar refractivity (Wildman–Crippen MR) is 49.6 cm³/mol. The first-order chi connectivity index (χ1) is 5.77. The van der Waals surface area contributed by atoms with Gasteiger partial charge < -0.3 is 5.32 Å². The zero-order valence-electron chi connectivity index (χ0n) is 7.33. The molecule has 1 rings (SSSR count). The molecular formula is C10H12N2. The molecule has 1 aromatic heterocycles. The minimum atomic E-state index is -0.0302. The topological polar surface area (TPSA) is 24.9 Å². The molecule has 62 valence electrons. The summed E-state index contributed by atoms with van der Waals surface area (Å²) in [5, 5.41) is 3.02. The van der Waals surface area contributed by atoms with Crippen LogP contribution in [-0.2, 0) is 0 Å². The van der Waals surface area contributed by atoms with Crippen molar-refractivity contribution < 1.29 is 0 Å². The molecule has 0 aliphatic heterocycles. The Morgan fingerprint density at radius 1 is 1.58 bits per heavy atom. The summed E-state index contributed by atoms with van der Waals surface area (Å²) < 4.78 is 0. The highest BCUT2D eigenvalue weighted by molar-refractivity contribution is 5.25. The van der Waals surface area contributed by atoms with Crippen LogP contribution in [0.1, 0.15) is 17.2 Å². The van der Waals surface area contributed by atoms with Gasteiger partial charge in [0.25, 0.3) is 0 Å². The van der Waals surface area contributed by atoms with Crippen LogP contribution in [0.25, 0.3) is 0 Å². The number of terminal acetylenes is 1. The van der Waals surface area contributed by atoms with Crippen molar-refractivity contribution in [2.24, 2.45) is 0 Å². The van der Waals surface area contributed by atoms with Gasteiger partial charge in [0.2, 0.25) is 0 Å². The molecule has 1 atom stereocenters. The predicted octanol–water partition coefficient (Wildman–Crippen LogP) is 1.28. The van der Waals surface area contributed by atoms with Gasteiger partial charge in [0.15, 0.2) is 0 Å². The number of hydrogen-bond acceptors (Lipinski definition) is 2. The highest BCUT2D eigenvalue weighted by Crippen LogP contribution is 2.10. The molecule has 2 nitrogen and oxygen atoms in total. The molecule has 0 aromatic carbocycles. The largest absolute Gasteiger partial charge is 0.303 e. The summed E-state index contributed by atoms with van der Waals surface area (Å²) in [6.45, 7) is 2.00. The fourth-order valence-electron chi connectivity index (χ4n) is 1.08. The van der Waals surface area contributed by atoms with E-state index in [0.717, 1.165) is 11.1 Å². The number of aryl methyl sites for hydroxylation is 1. The maximum absolute atomic E-state index is 5.33. The summed E-state index contributed by atoms with van der Waals surface area (Å²) in [5.74, 6) is 2.64. The van der Waals surface area contributed by atoms with Gasteiger partial charge in [0.05, 0.1) is 6.04 Å². The van der Waals surface area contributed by atoms with Gasteiger partial charge in [-0.3, -0.25) is 4.98 Å². The Morgan fingerprint density at radius 3 is 2.83 bits per heavy atom. The van der Waals surface area contributed by atoms with E-state index in [0.29, 0.717) is 0 Å². The van der Waals surface area contributed by atoms with Gasteiger partial charge in [-0.05, 0) is 25.1 Å². The molecule has 0 amide bonds. The van der Waals surface area contributed by atoms with Crippen LogP contribution < -0.4 is 5.32 Å². The molecule has 0 bridgehead atoms. The summed E-state index contributed by atoms with van der Waals surface area (Å²) in [6, 6.07) is 2.01. The third kappa shape index (κ3) is 1.84. The molecule has 1 N–H and O–H groups in total. The molecule has 1 heterocycles. The van der Waals surface area contributed by atoms with Gasteiger partial charge >= 0.3 is 0 Å². The Balaban J connectivity index is 2.95. The van der Waals surface area contributed by atoms with Crippen LogP contribution in [0.15, 0.2) is 18.5 Å². The standard InChI is InChI=1S/C10H12N2/c1-4-10(11-3)9-5-8(2)6-12-7-9/h1,5-7,10-11H,2-3H3. The van der Waals surface area contributed by atoms with E-state index in [1.54, 1.807) is 6.20 Å². The fourth-order valence-corrected chi connectivity index (χ4v) is 1.08. The summed E-state index contributed by atoms with van der Waals surface area (Å²) in [4.78, 5) is 4.07. The van der Waals surface area contributed by atoms with Crippen molar-refractivity contribution in [1.29, 1.82) is 0 Å². The smallest absolute Gasteiger partial charge is 0.0955 e. The van der Waals surface area contributed by atoms with E-state index >= 15 is 0 Å². The Bertz CT molecular complexity index is 299. The van der Waals surface area contributed by atoms with Gasteiger partial charge in [-0.25, -0.2) is 0 Å². The van der Waals surface area contributed by atoms with Crippen LogP contribution in [0.5, 0.6) is 0 Å². The van der Waals surface area contributed by atoms with Gasteiger partial charge in [0.1, 0.15) is 0 Å². The summed E-state index contributed by atoms with van der Waals surface area (Å²) in [5.41, 5.74) is 2.17. The Kier molecular flexibility index (Phi) is 2.84. The third-order valence-electron chi connectivity index (χ3n) is 1.68. The minimum absolute atomic E-state index is 0.0302. The molecule has 0 saturated heterocycles. The third-order valence-corrected chi connectivity index (χ3v) is 1.68. The minimum Gasteiger partial charge on any atom is -0.303 e.